The zero-order valence-electron chi connectivity index (χ0n) is 23.4. The number of hydrogen-bond donors (Lipinski definition) is 1. The van der Waals surface area contributed by atoms with Crippen LogP contribution in [-0.2, 0) is 27.8 Å². The normalized spacial score (nSPS) is 14.9. The van der Waals surface area contributed by atoms with Crippen molar-refractivity contribution in [3.8, 4) is 17.2 Å². The van der Waals surface area contributed by atoms with E-state index in [1.807, 2.05) is 26.8 Å². The second-order valence-corrected chi connectivity index (χ2v) is 11.7. The number of guanidine groups is 1. The van der Waals surface area contributed by atoms with Gasteiger partial charge in [0.15, 0.2) is 0 Å². The highest BCUT2D eigenvalue weighted by Crippen LogP contribution is 2.42. The van der Waals surface area contributed by atoms with Crippen LogP contribution in [0.3, 0.4) is 0 Å². The molecule has 0 fully saturated rings. The molecule has 0 aromatic heterocycles. The topological polar surface area (TPSA) is 121 Å². The van der Waals surface area contributed by atoms with Gasteiger partial charge in [-0.15, -0.1) is 4.40 Å². The number of hydrogen-bond acceptors (Lipinski definition) is 6. The van der Waals surface area contributed by atoms with Crippen molar-refractivity contribution in [2.24, 2.45) is 10.1 Å². The van der Waals surface area contributed by atoms with Crippen molar-refractivity contribution in [3.63, 3.8) is 0 Å². The van der Waals surface area contributed by atoms with E-state index in [0.29, 0.717) is 48.4 Å². The molecule has 1 heterocycles. The van der Waals surface area contributed by atoms with Crippen molar-refractivity contribution in [2.45, 2.75) is 77.3 Å². The van der Waals surface area contributed by atoms with Crippen molar-refractivity contribution in [3.05, 3.63) is 46.0 Å². The highest BCUT2D eigenvalue weighted by Gasteiger charge is 2.33. The Labute approximate surface area is 226 Å². The Morgan fingerprint density at radius 2 is 1.87 bits per heavy atom. The monoisotopic (exact) mass is 545 g/mol. The van der Waals surface area contributed by atoms with Crippen LogP contribution < -0.4 is 19.9 Å². The third kappa shape index (κ3) is 6.23. The minimum absolute atomic E-state index is 0.152. The van der Waals surface area contributed by atoms with Crippen LogP contribution in [0.2, 0.25) is 0 Å². The first-order chi connectivity index (χ1) is 17.8. The Balaban J connectivity index is 2.04. The zero-order chi connectivity index (χ0) is 28.3. The van der Waals surface area contributed by atoms with Crippen molar-refractivity contribution in [2.75, 3.05) is 20.8 Å². The molecule has 0 atom stereocenters. The number of rotatable bonds is 10. The Bertz CT molecular complexity index is 1330. The van der Waals surface area contributed by atoms with Crippen LogP contribution in [0.1, 0.15) is 60.9 Å². The van der Waals surface area contributed by atoms with Crippen LogP contribution in [-0.4, -0.2) is 51.9 Å². The highest BCUT2D eigenvalue weighted by atomic mass is 32.2. The summed E-state index contributed by atoms with van der Waals surface area (Å²) < 4.78 is 48.5. The van der Waals surface area contributed by atoms with Gasteiger partial charge in [-0.2, -0.15) is 8.42 Å². The molecule has 1 aliphatic rings. The molecule has 9 nitrogen and oxygen atoms in total. The minimum atomic E-state index is -4.15. The van der Waals surface area contributed by atoms with Crippen LogP contribution in [0.25, 0.3) is 0 Å². The standard InChI is InChI=1S/C28H39N3O6S/c1-18-19(2)26(20(3)23-12-13-28(4,5)37-25(18)23)38(33,34)30-27(29)31(14-8-9-15-32)17-21-10-11-22(35-6)16-24(21)36-7/h10-11,15-16H,8-9,12-14,17H2,1-7H3,(H2,29,30). The summed E-state index contributed by atoms with van der Waals surface area (Å²) in [5.41, 5.74) is 9.72. The highest BCUT2D eigenvalue weighted by molar-refractivity contribution is 7.90. The number of fused-ring (bicyclic) bond motifs is 1. The maximum Gasteiger partial charge on any atom is 0.286 e. The first kappa shape index (κ1) is 29.3. The summed E-state index contributed by atoms with van der Waals surface area (Å²) in [6, 6.07) is 5.36. The zero-order valence-corrected chi connectivity index (χ0v) is 24.2. The number of ether oxygens (including phenoxy) is 3. The number of aldehydes is 1. The lowest BCUT2D eigenvalue weighted by Crippen LogP contribution is -2.38. The van der Waals surface area contributed by atoms with Gasteiger partial charge in [0.1, 0.15) is 29.1 Å². The lowest BCUT2D eigenvalue weighted by Gasteiger charge is -2.35. The summed E-state index contributed by atoms with van der Waals surface area (Å²) in [5, 5.41) is 0. The predicted molar refractivity (Wildman–Crippen MR) is 148 cm³/mol. The summed E-state index contributed by atoms with van der Waals surface area (Å²) in [6.07, 6.45) is 3.12. The van der Waals surface area contributed by atoms with Crippen LogP contribution in [0.5, 0.6) is 17.2 Å². The molecule has 10 heteroatoms. The first-order valence-corrected chi connectivity index (χ1v) is 14.1. The van der Waals surface area contributed by atoms with Gasteiger partial charge in [-0.25, -0.2) is 0 Å². The molecule has 1 aliphatic heterocycles. The quantitative estimate of drug-likeness (QED) is 0.204. The minimum Gasteiger partial charge on any atom is -0.497 e. The lowest BCUT2D eigenvalue weighted by molar-refractivity contribution is -0.107. The van der Waals surface area contributed by atoms with E-state index in [1.165, 1.54) is 0 Å². The van der Waals surface area contributed by atoms with Gasteiger partial charge in [-0.05, 0) is 88.3 Å². The van der Waals surface area contributed by atoms with E-state index < -0.39 is 10.0 Å². The smallest absolute Gasteiger partial charge is 0.286 e. The molecule has 0 aliphatic carbocycles. The van der Waals surface area contributed by atoms with Crippen LogP contribution in [0.15, 0.2) is 27.5 Å². The Morgan fingerprint density at radius 3 is 2.50 bits per heavy atom. The second-order valence-electron chi connectivity index (χ2n) is 10.2. The first-order valence-electron chi connectivity index (χ1n) is 12.7. The molecule has 3 rings (SSSR count). The van der Waals surface area contributed by atoms with Crippen LogP contribution in [0.4, 0.5) is 0 Å². The van der Waals surface area contributed by atoms with Gasteiger partial charge in [0.05, 0.1) is 19.1 Å². The number of unbranched alkanes of at least 4 members (excludes halogenated alkanes) is 1. The van der Waals surface area contributed by atoms with Crippen LogP contribution in [0, 0.1) is 20.8 Å². The van der Waals surface area contributed by atoms with E-state index in [0.717, 1.165) is 35.1 Å². The van der Waals surface area contributed by atoms with Crippen LogP contribution >= 0.6 is 0 Å². The van der Waals surface area contributed by atoms with Gasteiger partial charge < -0.3 is 29.6 Å². The van der Waals surface area contributed by atoms with E-state index in [2.05, 4.69) is 4.40 Å². The molecule has 38 heavy (non-hydrogen) atoms. The maximum absolute atomic E-state index is 13.7. The van der Waals surface area contributed by atoms with Gasteiger partial charge >= 0.3 is 0 Å². The average Bonchev–Trinajstić information content (AvgIpc) is 2.85. The van der Waals surface area contributed by atoms with Crippen molar-refractivity contribution in [1.82, 2.24) is 4.90 Å². The number of nitrogens with zero attached hydrogens (tertiary/aromatic N) is 2. The average molecular weight is 546 g/mol. The van der Waals surface area contributed by atoms with E-state index in [1.54, 1.807) is 45.1 Å². The van der Waals surface area contributed by atoms with E-state index in [9.17, 15) is 13.2 Å². The fourth-order valence-electron chi connectivity index (χ4n) is 4.79. The third-order valence-corrected chi connectivity index (χ3v) is 8.62. The molecule has 0 saturated heterocycles. The number of methoxy groups -OCH3 is 2. The van der Waals surface area contributed by atoms with Crippen molar-refractivity contribution < 1.29 is 27.4 Å². The van der Waals surface area contributed by atoms with Gasteiger partial charge in [0.2, 0.25) is 5.96 Å². The second kappa shape index (κ2) is 11.6. The fourth-order valence-corrected chi connectivity index (χ4v) is 6.29. The van der Waals surface area contributed by atoms with E-state index >= 15 is 0 Å². The maximum atomic E-state index is 13.7. The molecular weight excluding hydrogens is 506 g/mol. The number of sulfonamides is 1. The summed E-state index contributed by atoms with van der Waals surface area (Å²) in [4.78, 5) is 12.8. The molecule has 208 valence electrons. The van der Waals surface area contributed by atoms with Gasteiger partial charge in [0.25, 0.3) is 10.0 Å². The van der Waals surface area contributed by atoms with Gasteiger partial charge in [-0.1, -0.05) is 0 Å². The molecule has 0 radical (unpaired) electrons. The largest absolute Gasteiger partial charge is 0.497 e. The molecular formula is C28H39N3O6S. The molecule has 0 spiro atoms. The van der Waals surface area contributed by atoms with Gasteiger partial charge in [0, 0.05) is 31.1 Å². The van der Waals surface area contributed by atoms with E-state index in [4.69, 9.17) is 19.9 Å². The Kier molecular flexibility index (Phi) is 8.97. The Hall–Kier alpha value is -3.27. The summed E-state index contributed by atoms with van der Waals surface area (Å²) in [7, 11) is -1.04. The molecule has 2 aromatic rings. The summed E-state index contributed by atoms with van der Waals surface area (Å²) in [6.45, 7) is 10.1. The number of carbonyl (C=O) groups excluding carboxylic acids is 1. The van der Waals surface area contributed by atoms with Crippen molar-refractivity contribution >= 4 is 22.3 Å². The summed E-state index contributed by atoms with van der Waals surface area (Å²) >= 11 is 0. The van der Waals surface area contributed by atoms with E-state index in [-0.39, 0.29) is 23.0 Å². The molecule has 0 amide bonds. The predicted octanol–water partition coefficient (Wildman–Crippen LogP) is 4.22. The number of nitrogens with two attached hydrogens (primary N) is 1. The molecule has 0 saturated carbocycles. The molecule has 2 N–H and O–H groups in total. The summed E-state index contributed by atoms with van der Waals surface area (Å²) in [5.74, 6) is 1.80. The van der Waals surface area contributed by atoms with Gasteiger partial charge in [-0.3, -0.25) is 0 Å². The van der Waals surface area contributed by atoms with Crippen molar-refractivity contribution in [1.29, 1.82) is 0 Å². The molecule has 0 unspecified atom stereocenters. The number of carbonyl (C=O) groups is 1. The number of benzene rings is 2. The molecule has 2 aromatic carbocycles. The SMILES string of the molecule is COc1ccc(CN(CCCC=O)/C(N)=N/S(=O)(=O)c2c(C)c(C)c3c(c2C)CCC(C)(C)O3)c(OC)c1. The molecule has 0 bridgehead atoms. The fraction of sp³-hybridized carbons (Fsp3) is 0.500. The third-order valence-electron chi connectivity index (χ3n) is 7.07. The Morgan fingerprint density at radius 1 is 1.16 bits per heavy atom. The lowest BCUT2D eigenvalue weighted by atomic mass is 9.88.